The number of urea groups is 1. The van der Waals surface area contributed by atoms with Gasteiger partial charge in [-0.3, -0.25) is 9.59 Å². The molecule has 3 amide bonds. The van der Waals surface area contributed by atoms with Crippen molar-refractivity contribution in [3.63, 3.8) is 0 Å². The minimum absolute atomic E-state index is 0.0418. The van der Waals surface area contributed by atoms with E-state index in [1.165, 1.54) is 0 Å². The van der Waals surface area contributed by atoms with Gasteiger partial charge in [0.2, 0.25) is 5.91 Å². The number of likely N-dealkylation sites (tertiary alicyclic amines) is 1. The number of hydrogen-bond donors (Lipinski definition) is 2. The van der Waals surface area contributed by atoms with Crippen LogP contribution in [0.2, 0.25) is 0 Å². The molecule has 2 atom stereocenters. The van der Waals surface area contributed by atoms with Crippen LogP contribution in [0.3, 0.4) is 0 Å². The van der Waals surface area contributed by atoms with Crippen LogP contribution in [0.1, 0.15) is 55.0 Å². The highest BCUT2D eigenvalue weighted by Gasteiger charge is 2.38. The highest BCUT2D eigenvalue weighted by Crippen LogP contribution is 2.43. The van der Waals surface area contributed by atoms with E-state index in [0.29, 0.717) is 18.7 Å². The zero-order chi connectivity index (χ0) is 26.0. The van der Waals surface area contributed by atoms with E-state index in [2.05, 4.69) is 10.6 Å². The molecule has 0 aliphatic carbocycles. The molecule has 1 saturated heterocycles. The summed E-state index contributed by atoms with van der Waals surface area (Å²) < 4.78 is 4.97. The summed E-state index contributed by atoms with van der Waals surface area (Å²) in [5.74, 6) is -0.375. The molecule has 4 rings (SSSR count). The molecule has 3 aromatic rings. The fourth-order valence-corrected chi connectivity index (χ4v) is 4.87. The molecule has 0 saturated carbocycles. The Morgan fingerprint density at radius 1 is 0.865 bits per heavy atom. The monoisotopic (exact) mass is 499 g/mol. The third-order valence-electron chi connectivity index (χ3n) is 6.55. The molecular weight excluding hydrogens is 466 g/mol. The lowest BCUT2D eigenvalue weighted by molar-refractivity contribution is -0.143. The van der Waals surface area contributed by atoms with Gasteiger partial charge >= 0.3 is 12.0 Å². The highest BCUT2D eigenvalue weighted by atomic mass is 16.5. The number of hydrogen-bond acceptors (Lipinski definition) is 4. The van der Waals surface area contributed by atoms with Gasteiger partial charge in [0.25, 0.3) is 0 Å². The maximum Gasteiger partial charge on any atom is 0.319 e. The Morgan fingerprint density at radius 3 is 2.08 bits per heavy atom. The molecule has 37 heavy (non-hydrogen) atoms. The molecular formula is C30H33N3O4. The lowest BCUT2D eigenvalue weighted by Gasteiger charge is -2.31. The van der Waals surface area contributed by atoms with Crippen molar-refractivity contribution in [3.8, 4) is 0 Å². The summed E-state index contributed by atoms with van der Waals surface area (Å²) in [6, 6.07) is 26.8. The lowest BCUT2D eigenvalue weighted by Crippen LogP contribution is -2.42. The largest absolute Gasteiger partial charge is 0.466 e. The number of esters is 1. The SMILES string of the molecule is CCOC(=O)CCc1cccc(NC(=O)NCC(=O)N2C(c3ccccc3)CCC2c2ccccc2)c1. The van der Waals surface area contributed by atoms with Crippen LogP contribution in [-0.4, -0.2) is 36.0 Å². The highest BCUT2D eigenvalue weighted by molar-refractivity contribution is 5.92. The lowest BCUT2D eigenvalue weighted by atomic mass is 10.0. The predicted molar refractivity (Wildman–Crippen MR) is 143 cm³/mol. The Labute approximate surface area is 217 Å². The van der Waals surface area contributed by atoms with Crippen LogP contribution in [0.25, 0.3) is 0 Å². The molecule has 1 fully saturated rings. The van der Waals surface area contributed by atoms with Gasteiger partial charge in [-0.15, -0.1) is 0 Å². The Balaban J connectivity index is 1.38. The van der Waals surface area contributed by atoms with Crippen LogP contribution in [0, 0.1) is 0 Å². The Kier molecular flexibility index (Phi) is 8.92. The molecule has 1 heterocycles. The summed E-state index contributed by atoms with van der Waals surface area (Å²) in [6.07, 6.45) is 2.52. The van der Waals surface area contributed by atoms with Crippen molar-refractivity contribution in [2.24, 2.45) is 0 Å². The minimum atomic E-state index is -0.456. The van der Waals surface area contributed by atoms with Crippen molar-refractivity contribution >= 4 is 23.6 Å². The van der Waals surface area contributed by atoms with Crippen molar-refractivity contribution < 1.29 is 19.1 Å². The first-order valence-corrected chi connectivity index (χ1v) is 12.8. The van der Waals surface area contributed by atoms with Gasteiger partial charge in [-0.1, -0.05) is 72.8 Å². The number of benzene rings is 3. The number of carbonyl (C=O) groups is 3. The van der Waals surface area contributed by atoms with E-state index < -0.39 is 6.03 Å². The topological polar surface area (TPSA) is 87.7 Å². The summed E-state index contributed by atoms with van der Waals surface area (Å²) in [6.45, 7) is 2.02. The second-order valence-electron chi connectivity index (χ2n) is 9.04. The van der Waals surface area contributed by atoms with Crippen molar-refractivity contribution in [2.75, 3.05) is 18.5 Å². The fraction of sp³-hybridized carbons (Fsp3) is 0.300. The first-order chi connectivity index (χ1) is 18.0. The van der Waals surface area contributed by atoms with Gasteiger partial charge in [0.15, 0.2) is 0 Å². The number of rotatable bonds is 9. The molecule has 0 spiro atoms. The van der Waals surface area contributed by atoms with Gasteiger partial charge in [-0.25, -0.2) is 4.79 Å². The van der Waals surface area contributed by atoms with E-state index >= 15 is 0 Å². The summed E-state index contributed by atoms with van der Waals surface area (Å²) in [4.78, 5) is 39.6. The van der Waals surface area contributed by atoms with E-state index in [1.807, 2.05) is 83.8 Å². The summed E-state index contributed by atoms with van der Waals surface area (Å²) in [5.41, 5.74) is 3.70. The van der Waals surface area contributed by atoms with E-state index in [1.54, 1.807) is 13.0 Å². The molecule has 192 valence electrons. The molecule has 0 radical (unpaired) electrons. The van der Waals surface area contributed by atoms with Crippen molar-refractivity contribution in [1.29, 1.82) is 0 Å². The van der Waals surface area contributed by atoms with Gasteiger partial charge in [-0.05, 0) is 55.0 Å². The number of ether oxygens (including phenoxy) is 1. The Hall–Kier alpha value is -4.13. The van der Waals surface area contributed by atoms with E-state index in [-0.39, 0.29) is 36.9 Å². The summed E-state index contributed by atoms with van der Waals surface area (Å²) in [7, 11) is 0. The Bertz CT molecular complexity index is 1150. The van der Waals surface area contributed by atoms with Crippen LogP contribution < -0.4 is 10.6 Å². The van der Waals surface area contributed by atoms with Crippen molar-refractivity contribution in [1.82, 2.24) is 10.2 Å². The van der Waals surface area contributed by atoms with Crippen molar-refractivity contribution in [2.45, 2.75) is 44.7 Å². The van der Waals surface area contributed by atoms with Crippen LogP contribution in [0.4, 0.5) is 10.5 Å². The van der Waals surface area contributed by atoms with E-state index in [9.17, 15) is 14.4 Å². The molecule has 3 aromatic carbocycles. The molecule has 7 nitrogen and oxygen atoms in total. The van der Waals surface area contributed by atoms with Gasteiger partial charge in [0.1, 0.15) is 0 Å². The standard InChI is InChI=1S/C30H33N3O4/c1-2-37-29(35)19-16-22-10-9-15-25(20-22)32-30(36)31-21-28(34)33-26(23-11-5-3-6-12-23)17-18-27(33)24-13-7-4-8-14-24/h3-15,20,26-27H,2,16-19,21H2,1H3,(H2,31,32,36). The number of anilines is 1. The smallest absolute Gasteiger partial charge is 0.319 e. The Morgan fingerprint density at radius 2 is 1.49 bits per heavy atom. The van der Waals surface area contributed by atoms with Gasteiger partial charge < -0.3 is 20.3 Å². The molecule has 7 heteroatoms. The quantitative estimate of drug-likeness (QED) is 0.386. The molecule has 0 aromatic heterocycles. The molecule has 1 aliphatic heterocycles. The summed E-state index contributed by atoms with van der Waals surface area (Å²) in [5, 5.41) is 5.51. The number of carbonyl (C=O) groups excluding carboxylic acids is 3. The summed E-state index contributed by atoms with van der Waals surface area (Å²) >= 11 is 0. The third-order valence-corrected chi connectivity index (χ3v) is 6.55. The van der Waals surface area contributed by atoms with Crippen LogP contribution in [0.15, 0.2) is 84.9 Å². The second kappa shape index (κ2) is 12.7. The number of amides is 3. The normalized spacial score (nSPS) is 16.7. The number of nitrogens with zero attached hydrogens (tertiary/aromatic N) is 1. The van der Waals surface area contributed by atoms with Crippen LogP contribution in [-0.2, 0) is 20.7 Å². The van der Waals surface area contributed by atoms with Gasteiger partial charge in [0.05, 0.1) is 25.2 Å². The molecule has 1 aliphatic rings. The molecule has 0 bridgehead atoms. The first kappa shape index (κ1) is 25.9. The average Bonchev–Trinajstić information content (AvgIpc) is 3.37. The number of aryl methyl sites for hydroxylation is 1. The molecule has 2 unspecified atom stereocenters. The van der Waals surface area contributed by atoms with Gasteiger partial charge in [0, 0.05) is 12.1 Å². The van der Waals surface area contributed by atoms with E-state index in [0.717, 1.165) is 29.5 Å². The zero-order valence-electron chi connectivity index (χ0n) is 21.1. The minimum Gasteiger partial charge on any atom is -0.466 e. The van der Waals surface area contributed by atoms with Crippen LogP contribution in [0.5, 0.6) is 0 Å². The molecule has 2 N–H and O–H groups in total. The average molecular weight is 500 g/mol. The van der Waals surface area contributed by atoms with Gasteiger partial charge in [-0.2, -0.15) is 0 Å². The fourth-order valence-electron chi connectivity index (χ4n) is 4.87. The third kappa shape index (κ3) is 6.97. The van der Waals surface area contributed by atoms with Crippen LogP contribution >= 0.6 is 0 Å². The second-order valence-corrected chi connectivity index (χ2v) is 9.04. The zero-order valence-corrected chi connectivity index (χ0v) is 21.1. The van der Waals surface area contributed by atoms with E-state index in [4.69, 9.17) is 4.74 Å². The maximum absolute atomic E-state index is 13.5. The number of nitrogens with one attached hydrogen (secondary N) is 2. The first-order valence-electron chi connectivity index (χ1n) is 12.8. The van der Waals surface area contributed by atoms with Crippen molar-refractivity contribution in [3.05, 3.63) is 102 Å². The predicted octanol–water partition coefficient (Wildman–Crippen LogP) is 5.41. The maximum atomic E-state index is 13.5.